The van der Waals surface area contributed by atoms with Gasteiger partial charge in [0.15, 0.2) is 5.79 Å². The van der Waals surface area contributed by atoms with Gasteiger partial charge in [0.25, 0.3) is 0 Å². The van der Waals surface area contributed by atoms with Gasteiger partial charge in [0, 0.05) is 5.41 Å². The number of ether oxygens (including phenoxy) is 2. The second-order valence-corrected chi connectivity index (χ2v) is 10.7. The van der Waals surface area contributed by atoms with E-state index in [1.807, 2.05) is 0 Å². The first-order chi connectivity index (χ1) is 11.5. The van der Waals surface area contributed by atoms with Gasteiger partial charge in [0.2, 0.25) is 0 Å². The zero-order valence-corrected chi connectivity index (χ0v) is 16.7. The molecular weight excluding hydrogens is 364 g/mol. The number of hydrogen-bond acceptors (Lipinski definition) is 2. The molecule has 1 heterocycles. The van der Waals surface area contributed by atoms with Gasteiger partial charge < -0.3 is 9.47 Å². The minimum atomic E-state index is -0.354. The van der Waals surface area contributed by atoms with Gasteiger partial charge in [-0.3, -0.25) is 0 Å². The molecule has 0 aromatic heterocycles. The highest BCUT2D eigenvalue weighted by molar-refractivity contribution is 9.09. The van der Waals surface area contributed by atoms with Crippen molar-refractivity contribution in [3.8, 4) is 0 Å². The van der Waals surface area contributed by atoms with E-state index in [1.54, 1.807) is 0 Å². The fraction of sp³-hybridized carbons (Fsp3) is 0.905. The molecular formula is C21H31BrO2. The molecule has 0 amide bonds. The average molecular weight is 395 g/mol. The third-order valence-corrected chi connectivity index (χ3v) is 9.96. The Bertz CT molecular complexity index is 554. The average Bonchev–Trinajstić information content (AvgIpc) is 3.15. The summed E-state index contributed by atoms with van der Waals surface area (Å²) in [5.41, 5.74) is 0.723. The van der Waals surface area contributed by atoms with Crippen LogP contribution in [0.2, 0.25) is 0 Å². The predicted octanol–water partition coefficient (Wildman–Crippen LogP) is 5.31. The van der Waals surface area contributed by atoms with Gasteiger partial charge in [-0.05, 0) is 74.0 Å². The lowest BCUT2D eigenvalue weighted by Crippen LogP contribution is -2.57. The van der Waals surface area contributed by atoms with Crippen molar-refractivity contribution in [2.75, 3.05) is 13.2 Å². The fourth-order valence-electron chi connectivity index (χ4n) is 7.70. The zero-order valence-electron chi connectivity index (χ0n) is 15.1. The first kappa shape index (κ1) is 16.3. The maximum atomic E-state index is 6.32. The number of hydrogen-bond donors (Lipinski definition) is 0. The lowest BCUT2D eigenvalue weighted by molar-refractivity contribution is -0.243. The molecule has 2 nitrogen and oxygen atoms in total. The van der Waals surface area contributed by atoms with Crippen LogP contribution in [0.4, 0.5) is 0 Å². The van der Waals surface area contributed by atoms with Crippen molar-refractivity contribution in [2.24, 2.45) is 34.5 Å². The molecule has 3 saturated carbocycles. The van der Waals surface area contributed by atoms with Crippen molar-refractivity contribution in [2.45, 2.75) is 69.4 Å². The maximum Gasteiger partial charge on any atom is 0.186 e. The summed E-state index contributed by atoms with van der Waals surface area (Å²) in [4.78, 5) is 0.359. The molecule has 7 atom stereocenters. The molecule has 4 fully saturated rings. The van der Waals surface area contributed by atoms with Crippen LogP contribution in [0, 0.1) is 34.5 Å². The normalized spacial score (nSPS) is 55.2. The van der Waals surface area contributed by atoms with Crippen molar-refractivity contribution in [1.29, 1.82) is 0 Å². The summed E-state index contributed by atoms with van der Waals surface area (Å²) in [5.74, 6) is 3.08. The van der Waals surface area contributed by atoms with Gasteiger partial charge >= 0.3 is 0 Å². The van der Waals surface area contributed by atoms with Crippen LogP contribution >= 0.6 is 15.9 Å². The first-order valence-electron chi connectivity index (χ1n) is 10.1. The minimum Gasteiger partial charge on any atom is -0.346 e. The molecule has 3 heteroatoms. The molecule has 5 rings (SSSR count). The summed E-state index contributed by atoms with van der Waals surface area (Å²) >= 11 is 3.99. The van der Waals surface area contributed by atoms with Gasteiger partial charge in [-0.1, -0.05) is 41.9 Å². The van der Waals surface area contributed by atoms with Crippen LogP contribution in [-0.2, 0) is 9.47 Å². The molecule has 1 saturated heterocycles. The second-order valence-electron chi connectivity index (χ2n) is 9.59. The van der Waals surface area contributed by atoms with Crippen LogP contribution in [0.1, 0.15) is 58.8 Å². The predicted molar refractivity (Wildman–Crippen MR) is 99.0 cm³/mol. The molecule has 0 N–H and O–H groups in total. The van der Waals surface area contributed by atoms with Crippen molar-refractivity contribution >= 4 is 15.9 Å². The van der Waals surface area contributed by atoms with E-state index in [0.29, 0.717) is 10.2 Å². The van der Waals surface area contributed by atoms with Crippen LogP contribution in [0.15, 0.2) is 12.2 Å². The number of allylic oxidation sites excluding steroid dienone is 2. The second kappa shape index (κ2) is 5.33. The lowest BCUT2D eigenvalue weighted by atomic mass is 9.45. The Morgan fingerprint density at radius 1 is 1.00 bits per heavy atom. The number of halogens is 1. The summed E-state index contributed by atoms with van der Waals surface area (Å²) < 4.78 is 12.6. The smallest absolute Gasteiger partial charge is 0.186 e. The van der Waals surface area contributed by atoms with Crippen LogP contribution in [0.25, 0.3) is 0 Å². The first-order valence-corrected chi connectivity index (χ1v) is 11.0. The summed E-state index contributed by atoms with van der Waals surface area (Å²) in [6.07, 6.45) is 14.3. The SMILES string of the molecule is C[C@]12CCC3C(CC[C@H]4CC=CC[C@]34C)C1C[C@@H](Br)C21OCCO1. The number of fused-ring (bicyclic) bond motifs is 6. The minimum absolute atomic E-state index is 0.187. The summed E-state index contributed by atoms with van der Waals surface area (Å²) in [5, 5.41) is 0. The highest BCUT2D eigenvalue weighted by Crippen LogP contribution is 2.70. The van der Waals surface area contributed by atoms with Crippen LogP contribution in [-0.4, -0.2) is 23.8 Å². The van der Waals surface area contributed by atoms with E-state index in [9.17, 15) is 0 Å². The molecule has 0 aromatic rings. The molecule has 5 aliphatic rings. The van der Waals surface area contributed by atoms with E-state index in [4.69, 9.17) is 9.47 Å². The van der Waals surface area contributed by atoms with Crippen molar-refractivity contribution in [3.05, 3.63) is 12.2 Å². The van der Waals surface area contributed by atoms with Gasteiger partial charge in [-0.15, -0.1) is 0 Å². The van der Waals surface area contributed by atoms with Gasteiger partial charge in [-0.25, -0.2) is 0 Å². The Morgan fingerprint density at radius 2 is 1.79 bits per heavy atom. The van der Waals surface area contributed by atoms with Crippen LogP contribution < -0.4 is 0 Å². The molecule has 1 spiro atoms. The lowest BCUT2D eigenvalue weighted by Gasteiger charge is -2.60. The maximum absolute atomic E-state index is 6.32. The monoisotopic (exact) mass is 394 g/mol. The molecule has 0 bridgehead atoms. The topological polar surface area (TPSA) is 18.5 Å². The van der Waals surface area contributed by atoms with E-state index in [0.717, 1.165) is 36.9 Å². The Hall–Kier alpha value is 0.140. The Morgan fingerprint density at radius 3 is 2.58 bits per heavy atom. The van der Waals surface area contributed by atoms with E-state index >= 15 is 0 Å². The summed E-state index contributed by atoms with van der Waals surface area (Å²) in [7, 11) is 0. The largest absolute Gasteiger partial charge is 0.346 e. The molecule has 0 radical (unpaired) electrons. The number of rotatable bonds is 0. The van der Waals surface area contributed by atoms with Crippen LogP contribution in [0.5, 0.6) is 0 Å². The summed E-state index contributed by atoms with van der Waals surface area (Å²) in [6.45, 7) is 6.63. The summed E-state index contributed by atoms with van der Waals surface area (Å²) in [6, 6.07) is 0. The van der Waals surface area contributed by atoms with E-state index in [1.165, 1.54) is 44.9 Å². The zero-order chi connectivity index (χ0) is 16.6. The van der Waals surface area contributed by atoms with E-state index < -0.39 is 0 Å². The molecule has 24 heavy (non-hydrogen) atoms. The van der Waals surface area contributed by atoms with Crippen LogP contribution in [0.3, 0.4) is 0 Å². The highest BCUT2D eigenvalue weighted by atomic mass is 79.9. The van der Waals surface area contributed by atoms with E-state index in [2.05, 4.69) is 41.9 Å². The number of alkyl halides is 1. The van der Waals surface area contributed by atoms with Gasteiger partial charge in [-0.2, -0.15) is 0 Å². The Labute approximate surface area is 154 Å². The molecule has 3 unspecified atom stereocenters. The molecule has 1 aliphatic heterocycles. The molecule has 134 valence electrons. The Balaban J connectivity index is 1.51. The Kier molecular flexibility index (Phi) is 3.62. The van der Waals surface area contributed by atoms with Gasteiger partial charge in [0.05, 0.1) is 18.0 Å². The molecule has 0 aromatic carbocycles. The standard InChI is InChI=1S/C21H31BrO2/c1-19-9-4-3-5-14(19)6-7-15-16(19)8-10-20(2)17(15)13-18(22)21(20)23-11-12-24-21/h3-4,14-18H,5-13H2,1-2H3/t14-,15?,16?,17?,18-,19+,20+/m1/s1. The van der Waals surface area contributed by atoms with Crippen molar-refractivity contribution in [1.82, 2.24) is 0 Å². The molecule has 4 aliphatic carbocycles. The fourth-order valence-corrected chi connectivity index (χ4v) is 8.89. The quantitative estimate of drug-likeness (QED) is 0.409. The van der Waals surface area contributed by atoms with Crippen molar-refractivity contribution < 1.29 is 9.47 Å². The van der Waals surface area contributed by atoms with Gasteiger partial charge in [0.1, 0.15) is 0 Å². The highest BCUT2D eigenvalue weighted by Gasteiger charge is 2.70. The van der Waals surface area contributed by atoms with Crippen molar-refractivity contribution in [3.63, 3.8) is 0 Å². The van der Waals surface area contributed by atoms with E-state index in [-0.39, 0.29) is 11.2 Å². The third kappa shape index (κ3) is 1.85. The third-order valence-electron chi connectivity index (χ3n) is 8.99.